The van der Waals surface area contributed by atoms with Gasteiger partial charge in [0, 0.05) is 49.7 Å². The van der Waals surface area contributed by atoms with Crippen LogP contribution in [0.5, 0.6) is 0 Å². The SMILES string of the molecule is CCOC(=O)Cc1ccc(Nc2nc(Nc3cc(C)[nH]n3)cc(N3CCN(C)CC3)n2)cc1. The number of rotatable bonds is 8. The summed E-state index contributed by atoms with van der Waals surface area (Å²) >= 11 is 0. The Morgan fingerprint density at radius 3 is 2.48 bits per heavy atom. The molecular formula is C23H30N8O2. The first-order valence-corrected chi connectivity index (χ1v) is 11.1. The molecule has 1 aromatic carbocycles. The lowest BCUT2D eigenvalue weighted by molar-refractivity contribution is -0.142. The van der Waals surface area contributed by atoms with Crippen LogP contribution >= 0.6 is 0 Å². The predicted molar refractivity (Wildman–Crippen MR) is 128 cm³/mol. The molecule has 0 amide bonds. The first kappa shape index (κ1) is 22.5. The number of aromatic amines is 1. The Morgan fingerprint density at radius 1 is 1.06 bits per heavy atom. The first-order valence-electron chi connectivity index (χ1n) is 11.1. The van der Waals surface area contributed by atoms with Gasteiger partial charge < -0.3 is 25.2 Å². The fourth-order valence-corrected chi connectivity index (χ4v) is 3.58. The molecule has 1 aliphatic rings. The number of esters is 1. The Bertz CT molecular complexity index is 1070. The zero-order valence-corrected chi connectivity index (χ0v) is 19.3. The molecule has 0 atom stereocenters. The van der Waals surface area contributed by atoms with Crippen molar-refractivity contribution in [3.63, 3.8) is 0 Å². The Kier molecular flexibility index (Phi) is 7.04. The van der Waals surface area contributed by atoms with Crippen molar-refractivity contribution in [2.24, 2.45) is 0 Å². The molecule has 3 heterocycles. The number of nitrogens with one attached hydrogen (secondary N) is 3. The molecule has 0 unspecified atom stereocenters. The number of aromatic nitrogens is 4. The number of carbonyl (C=O) groups is 1. The molecule has 0 saturated carbocycles. The van der Waals surface area contributed by atoms with E-state index in [2.05, 4.69) is 42.7 Å². The van der Waals surface area contributed by atoms with E-state index < -0.39 is 0 Å². The summed E-state index contributed by atoms with van der Waals surface area (Å²) in [4.78, 5) is 25.7. The van der Waals surface area contributed by atoms with Crippen LogP contribution in [-0.4, -0.2) is 70.9 Å². The van der Waals surface area contributed by atoms with E-state index in [0.29, 0.717) is 24.2 Å². The summed E-state index contributed by atoms with van der Waals surface area (Å²) in [5.41, 5.74) is 2.69. The fraction of sp³-hybridized carbons (Fsp3) is 0.391. The van der Waals surface area contributed by atoms with Crippen LogP contribution in [0.15, 0.2) is 36.4 Å². The number of anilines is 5. The summed E-state index contributed by atoms with van der Waals surface area (Å²) in [6.45, 7) is 7.90. The van der Waals surface area contributed by atoms with Gasteiger partial charge in [-0.3, -0.25) is 9.89 Å². The largest absolute Gasteiger partial charge is 0.466 e. The van der Waals surface area contributed by atoms with Gasteiger partial charge in [0.25, 0.3) is 0 Å². The maximum absolute atomic E-state index is 11.7. The standard InChI is InChI=1S/C23H30N8O2/c1-4-33-22(32)14-17-5-7-18(8-6-17)24-23-26-19(25-20-13-16(2)28-29-20)15-21(27-23)31-11-9-30(3)10-12-31/h5-8,13,15H,4,9-12,14H2,1-3H3,(H3,24,25,26,27,28,29). The van der Waals surface area contributed by atoms with Crippen molar-refractivity contribution in [3.8, 4) is 0 Å². The second kappa shape index (κ2) is 10.3. The fourth-order valence-electron chi connectivity index (χ4n) is 3.58. The molecule has 0 bridgehead atoms. The van der Waals surface area contributed by atoms with Crippen LogP contribution < -0.4 is 15.5 Å². The number of carbonyl (C=O) groups excluding carboxylic acids is 1. The van der Waals surface area contributed by atoms with Crippen molar-refractivity contribution in [2.75, 3.05) is 55.4 Å². The Balaban J connectivity index is 1.53. The number of hydrogen-bond donors (Lipinski definition) is 3. The summed E-state index contributed by atoms with van der Waals surface area (Å²) in [6, 6.07) is 11.5. The molecule has 3 aromatic rings. The van der Waals surface area contributed by atoms with Crippen LogP contribution in [0.25, 0.3) is 0 Å². The third-order valence-corrected chi connectivity index (χ3v) is 5.37. The maximum atomic E-state index is 11.7. The second-order valence-electron chi connectivity index (χ2n) is 8.09. The highest BCUT2D eigenvalue weighted by atomic mass is 16.5. The molecule has 33 heavy (non-hydrogen) atoms. The molecule has 0 radical (unpaired) electrons. The van der Waals surface area contributed by atoms with Crippen molar-refractivity contribution >= 4 is 35.1 Å². The molecule has 174 valence electrons. The van der Waals surface area contributed by atoms with Gasteiger partial charge in [-0.25, -0.2) is 0 Å². The number of benzene rings is 1. The molecule has 1 fully saturated rings. The molecule has 0 aliphatic carbocycles. The molecule has 0 spiro atoms. The number of H-pyrrole nitrogens is 1. The smallest absolute Gasteiger partial charge is 0.310 e. The van der Waals surface area contributed by atoms with Crippen LogP contribution in [0.1, 0.15) is 18.2 Å². The number of nitrogens with zero attached hydrogens (tertiary/aromatic N) is 5. The highest BCUT2D eigenvalue weighted by Crippen LogP contribution is 2.24. The number of piperazine rings is 1. The average Bonchev–Trinajstić information content (AvgIpc) is 3.20. The van der Waals surface area contributed by atoms with Gasteiger partial charge in [-0.2, -0.15) is 15.1 Å². The molecule has 10 heteroatoms. The second-order valence-corrected chi connectivity index (χ2v) is 8.09. The number of aryl methyl sites for hydroxylation is 1. The molecule has 10 nitrogen and oxygen atoms in total. The summed E-state index contributed by atoms with van der Waals surface area (Å²) < 4.78 is 5.02. The lowest BCUT2D eigenvalue weighted by atomic mass is 10.1. The monoisotopic (exact) mass is 450 g/mol. The average molecular weight is 451 g/mol. The van der Waals surface area contributed by atoms with Gasteiger partial charge in [-0.1, -0.05) is 12.1 Å². The van der Waals surface area contributed by atoms with E-state index in [0.717, 1.165) is 48.9 Å². The van der Waals surface area contributed by atoms with E-state index in [1.165, 1.54) is 0 Å². The van der Waals surface area contributed by atoms with E-state index in [1.807, 2.05) is 43.3 Å². The van der Waals surface area contributed by atoms with Crippen LogP contribution in [0, 0.1) is 6.92 Å². The minimum absolute atomic E-state index is 0.231. The topological polar surface area (TPSA) is 111 Å². The van der Waals surface area contributed by atoms with Gasteiger partial charge >= 0.3 is 5.97 Å². The Labute approximate surface area is 193 Å². The Morgan fingerprint density at radius 2 is 1.82 bits per heavy atom. The van der Waals surface area contributed by atoms with Gasteiger partial charge in [0.1, 0.15) is 11.6 Å². The van der Waals surface area contributed by atoms with E-state index in [9.17, 15) is 4.79 Å². The number of likely N-dealkylation sites (N-methyl/N-ethyl adjacent to an activating group) is 1. The van der Waals surface area contributed by atoms with Crippen LogP contribution in [0.4, 0.5) is 29.1 Å². The van der Waals surface area contributed by atoms with Crippen molar-refractivity contribution in [1.82, 2.24) is 25.1 Å². The van der Waals surface area contributed by atoms with Gasteiger partial charge in [0.05, 0.1) is 13.0 Å². The summed E-state index contributed by atoms with van der Waals surface area (Å²) in [5.74, 6) is 2.47. The van der Waals surface area contributed by atoms with Crippen molar-refractivity contribution < 1.29 is 9.53 Å². The van der Waals surface area contributed by atoms with Crippen molar-refractivity contribution in [2.45, 2.75) is 20.3 Å². The van der Waals surface area contributed by atoms with Crippen molar-refractivity contribution in [3.05, 3.63) is 47.7 Å². The van der Waals surface area contributed by atoms with Gasteiger partial charge in [-0.15, -0.1) is 0 Å². The van der Waals surface area contributed by atoms with Gasteiger partial charge in [0.2, 0.25) is 5.95 Å². The minimum atomic E-state index is -0.231. The van der Waals surface area contributed by atoms with E-state index >= 15 is 0 Å². The summed E-state index contributed by atoms with van der Waals surface area (Å²) in [6.07, 6.45) is 0.251. The lowest BCUT2D eigenvalue weighted by Gasteiger charge is -2.33. The number of ether oxygens (including phenoxy) is 1. The molecule has 2 aromatic heterocycles. The predicted octanol–water partition coefficient (Wildman–Crippen LogP) is 2.85. The summed E-state index contributed by atoms with van der Waals surface area (Å²) in [5, 5.41) is 13.7. The third-order valence-electron chi connectivity index (χ3n) is 5.37. The normalized spacial score (nSPS) is 14.2. The third kappa shape index (κ3) is 6.19. The Hall–Kier alpha value is -3.66. The van der Waals surface area contributed by atoms with E-state index in [1.54, 1.807) is 6.92 Å². The van der Waals surface area contributed by atoms with Crippen LogP contribution in [-0.2, 0) is 16.0 Å². The maximum Gasteiger partial charge on any atom is 0.310 e. The van der Waals surface area contributed by atoms with Crippen LogP contribution in [0.3, 0.4) is 0 Å². The first-order chi connectivity index (χ1) is 16.0. The molecular weight excluding hydrogens is 420 g/mol. The highest BCUT2D eigenvalue weighted by molar-refractivity contribution is 5.73. The zero-order valence-electron chi connectivity index (χ0n) is 19.3. The van der Waals surface area contributed by atoms with Gasteiger partial charge in [-0.05, 0) is 38.6 Å². The van der Waals surface area contributed by atoms with E-state index in [-0.39, 0.29) is 12.4 Å². The molecule has 4 rings (SSSR count). The molecule has 1 aliphatic heterocycles. The quantitative estimate of drug-likeness (QED) is 0.446. The molecule has 1 saturated heterocycles. The van der Waals surface area contributed by atoms with Gasteiger partial charge in [0.15, 0.2) is 5.82 Å². The summed E-state index contributed by atoms with van der Waals surface area (Å²) in [7, 11) is 2.13. The van der Waals surface area contributed by atoms with Crippen molar-refractivity contribution in [1.29, 1.82) is 0 Å². The van der Waals surface area contributed by atoms with E-state index in [4.69, 9.17) is 9.72 Å². The highest BCUT2D eigenvalue weighted by Gasteiger charge is 2.18. The van der Waals surface area contributed by atoms with Crippen LogP contribution in [0.2, 0.25) is 0 Å². The lowest BCUT2D eigenvalue weighted by Crippen LogP contribution is -2.44. The zero-order chi connectivity index (χ0) is 23.2. The minimum Gasteiger partial charge on any atom is -0.466 e. The number of hydrogen-bond acceptors (Lipinski definition) is 9. The molecule has 3 N–H and O–H groups in total.